The van der Waals surface area contributed by atoms with Crippen molar-refractivity contribution in [3.05, 3.63) is 41.3 Å². The average Bonchev–Trinajstić information content (AvgIpc) is 3.21. The molecule has 1 aliphatic rings. The Hall–Kier alpha value is -2.21. The van der Waals surface area contributed by atoms with Crippen molar-refractivity contribution in [2.75, 3.05) is 13.2 Å². The van der Waals surface area contributed by atoms with Crippen LogP contribution in [0.1, 0.15) is 29.3 Å². The van der Waals surface area contributed by atoms with E-state index < -0.39 is 0 Å². The topological polar surface area (TPSA) is 57.8 Å². The number of rotatable bonds is 3. The number of nitrogens with zero attached hydrogens (tertiary/aromatic N) is 5. The van der Waals surface area contributed by atoms with Gasteiger partial charge in [0.2, 0.25) is 0 Å². The van der Waals surface area contributed by atoms with Gasteiger partial charge in [-0.2, -0.15) is 5.10 Å². The van der Waals surface area contributed by atoms with Gasteiger partial charge in [-0.15, -0.1) is 5.10 Å². The third-order valence-electron chi connectivity index (χ3n) is 4.30. The molecule has 0 radical (unpaired) electrons. The van der Waals surface area contributed by atoms with Crippen molar-refractivity contribution in [3.63, 3.8) is 0 Å². The van der Waals surface area contributed by atoms with E-state index in [1.54, 1.807) is 0 Å². The number of hydrogen-bond donors (Lipinski definition) is 0. The molecule has 0 aliphatic carbocycles. The number of fused-ring (bicyclic) bond motifs is 1. The van der Waals surface area contributed by atoms with E-state index in [4.69, 9.17) is 4.74 Å². The van der Waals surface area contributed by atoms with Crippen molar-refractivity contribution in [2.24, 2.45) is 7.05 Å². The summed E-state index contributed by atoms with van der Waals surface area (Å²) in [5, 5.41) is 14.4. The lowest BCUT2D eigenvalue weighted by molar-refractivity contribution is 0.193. The van der Waals surface area contributed by atoms with Crippen molar-refractivity contribution < 1.29 is 4.74 Å². The molecular formula is C16H19N5O. The zero-order valence-electron chi connectivity index (χ0n) is 12.9. The van der Waals surface area contributed by atoms with E-state index in [2.05, 4.69) is 40.5 Å². The van der Waals surface area contributed by atoms with Crippen LogP contribution in [0.2, 0.25) is 0 Å². The first-order valence-corrected chi connectivity index (χ1v) is 7.61. The summed E-state index contributed by atoms with van der Waals surface area (Å²) in [4.78, 5) is 0. The molecule has 0 N–H and O–H groups in total. The lowest BCUT2D eigenvalue weighted by Gasteiger charge is -2.00. The van der Waals surface area contributed by atoms with E-state index >= 15 is 0 Å². The molecule has 0 unspecified atom stereocenters. The second kappa shape index (κ2) is 5.21. The third-order valence-corrected chi connectivity index (χ3v) is 4.30. The number of ether oxygens (including phenoxy) is 1. The summed E-state index contributed by atoms with van der Waals surface area (Å²) in [6.07, 6.45) is 3.06. The molecule has 6 heteroatoms. The molecule has 1 fully saturated rings. The molecule has 0 spiro atoms. The van der Waals surface area contributed by atoms with E-state index in [0.717, 1.165) is 36.5 Å². The number of benzene rings is 1. The molecular weight excluding hydrogens is 278 g/mol. The van der Waals surface area contributed by atoms with E-state index in [9.17, 15) is 0 Å². The van der Waals surface area contributed by atoms with Gasteiger partial charge in [0, 0.05) is 31.2 Å². The van der Waals surface area contributed by atoms with Crippen LogP contribution in [0.25, 0.3) is 10.9 Å². The third kappa shape index (κ3) is 2.29. The van der Waals surface area contributed by atoms with Gasteiger partial charge in [-0.05, 0) is 25.5 Å². The molecule has 0 amide bonds. The Labute approximate surface area is 128 Å². The minimum Gasteiger partial charge on any atom is -0.381 e. The van der Waals surface area contributed by atoms with Crippen LogP contribution >= 0.6 is 0 Å². The average molecular weight is 297 g/mol. The Balaban J connectivity index is 1.64. The first-order chi connectivity index (χ1) is 10.7. The minimum absolute atomic E-state index is 0.386. The van der Waals surface area contributed by atoms with Crippen LogP contribution < -0.4 is 0 Å². The predicted molar refractivity (Wildman–Crippen MR) is 82.8 cm³/mol. The summed E-state index contributed by atoms with van der Waals surface area (Å²) in [7, 11) is 1.98. The van der Waals surface area contributed by atoms with Crippen molar-refractivity contribution in [1.29, 1.82) is 0 Å². The quantitative estimate of drug-likeness (QED) is 0.742. The highest BCUT2D eigenvalue weighted by Gasteiger charge is 2.21. The smallest absolute Gasteiger partial charge is 0.0918 e. The molecule has 1 aliphatic heterocycles. The summed E-state index contributed by atoms with van der Waals surface area (Å²) >= 11 is 0. The number of hydrogen-bond acceptors (Lipinski definition) is 4. The van der Waals surface area contributed by atoms with Gasteiger partial charge in [0.05, 0.1) is 30.1 Å². The molecule has 0 bridgehead atoms. The van der Waals surface area contributed by atoms with Gasteiger partial charge in [0.25, 0.3) is 0 Å². The Morgan fingerprint density at radius 3 is 3.09 bits per heavy atom. The van der Waals surface area contributed by atoms with Crippen LogP contribution in [-0.2, 0) is 18.3 Å². The zero-order chi connectivity index (χ0) is 15.1. The maximum Gasteiger partial charge on any atom is 0.0918 e. The SMILES string of the molecule is Cc1ccc2c(c1)c(Cn1cc([C@H]3CCOC3)nn1)nn2C. The molecule has 1 saturated heterocycles. The maximum atomic E-state index is 5.42. The first kappa shape index (κ1) is 13.5. The van der Waals surface area contributed by atoms with Gasteiger partial charge in [-0.25, -0.2) is 4.68 Å². The van der Waals surface area contributed by atoms with E-state index in [0.29, 0.717) is 12.5 Å². The second-order valence-corrected chi connectivity index (χ2v) is 5.99. The van der Waals surface area contributed by atoms with Crippen molar-refractivity contribution in [1.82, 2.24) is 24.8 Å². The Bertz CT molecular complexity index is 813. The molecule has 4 rings (SSSR count). The normalized spacial score (nSPS) is 18.4. The molecule has 0 saturated carbocycles. The van der Waals surface area contributed by atoms with Gasteiger partial charge in [0.1, 0.15) is 0 Å². The number of aryl methyl sites for hydroxylation is 2. The van der Waals surface area contributed by atoms with E-state index in [1.807, 2.05) is 22.6 Å². The van der Waals surface area contributed by atoms with Gasteiger partial charge in [-0.1, -0.05) is 16.8 Å². The molecule has 3 aromatic rings. The summed E-state index contributed by atoms with van der Waals surface area (Å²) in [6.45, 7) is 4.32. The van der Waals surface area contributed by atoms with Crippen LogP contribution in [0, 0.1) is 6.92 Å². The Kier molecular flexibility index (Phi) is 3.18. The van der Waals surface area contributed by atoms with Gasteiger partial charge >= 0.3 is 0 Å². The Morgan fingerprint density at radius 2 is 2.27 bits per heavy atom. The predicted octanol–water partition coefficient (Wildman–Crippen LogP) is 2.03. The fraction of sp³-hybridized carbons (Fsp3) is 0.438. The van der Waals surface area contributed by atoms with Gasteiger partial charge in [-0.3, -0.25) is 4.68 Å². The molecule has 2 aromatic heterocycles. The van der Waals surface area contributed by atoms with E-state index in [1.165, 1.54) is 10.9 Å². The highest BCUT2D eigenvalue weighted by molar-refractivity contribution is 5.82. The zero-order valence-corrected chi connectivity index (χ0v) is 12.9. The molecule has 3 heterocycles. The van der Waals surface area contributed by atoms with Gasteiger partial charge in [0.15, 0.2) is 0 Å². The number of aromatic nitrogens is 5. The highest BCUT2D eigenvalue weighted by atomic mass is 16.5. The van der Waals surface area contributed by atoms with Crippen LogP contribution in [0.4, 0.5) is 0 Å². The molecule has 1 aromatic carbocycles. The van der Waals surface area contributed by atoms with Crippen LogP contribution in [0.5, 0.6) is 0 Å². The lowest BCUT2D eigenvalue weighted by atomic mass is 10.1. The lowest BCUT2D eigenvalue weighted by Crippen LogP contribution is -2.02. The fourth-order valence-electron chi connectivity index (χ4n) is 3.07. The molecule has 1 atom stereocenters. The Morgan fingerprint density at radius 1 is 1.36 bits per heavy atom. The summed E-state index contributed by atoms with van der Waals surface area (Å²) in [5.41, 5.74) is 4.43. The summed E-state index contributed by atoms with van der Waals surface area (Å²) in [5.74, 6) is 0.386. The van der Waals surface area contributed by atoms with E-state index in [-0.39, 0.29) is 0 Å². The van der Waals surface area contributed by atoms with Crippen molar-refractivity contribution in [3.8, 4) is 0 Å². The molecule has 6 nitrogen and oxygen atoms in total. The highest BCUT2D eigenvalue weighted by Crippen LogP contribution is 2.24. The van der Waals surface area contributed by atoms with Crippen LogP contribution in [-0.4, -0.2) is 38.0 Å². The standard InChI is InChI=1S/C16H19N5O/c1-11-3-4-16-13(7-11)15(18-20(16)2)9-21-8-14(17-19-21)12-5-6-22-10-12/h3-4,7-8,12H,5-6,9-10H2,1-2H3/t12-/m0/s1. The first-order valence-electron chi connectivity index (χ1n) is 7.61. The monoisotopic (exact) mass is 297 g/mol. The fourth-order valence-corrected chi connectivity index (χ4v) is 3.07. The van der Waals surface area contributed by atoms with Crippen LogP contribution in [0.3, 0.4) is 0 Å². The largest absolute Gasteiger partial charge is 0.381 e. The van der Waals surface area contributed by atoms with Crippen molar-refractivity contribution >= 4 is 10.9 Å². The maximum absolute atomic E-state index is 5.42. The second-order valence-electron chi connectivity index (χ2n) is 5.99. The minimum atomic E-state index is 0.386. The van der Waals surface area contributed by atoms with Crippen LogP contribution in [0.15, 0.2) is 24.4 Å². The van der Waals surface area contributed by atoms with Crippen molar-refractivity contribution in [2.45, 2.75) is 25.8 Å². The molecule has 114 valence electrons. The molecule has 22 heavy (non-hydrogen) atoms. The summed E-state index contributed by atoms with van der Waals surface area (Å²) < 4.78 is 9.22. The summed E-state index contributed by atoms with van der Waals surface area (Å²) in [6, 6.07) is 6.41. The van der Waals surface area contributed by atoms with Gasteiger partial charge < -0.3 is 4.74 Å².